The summed E-state index contributed by atoms with van der Waals surface area (Å²) in [5.74, 6) is -1.56. The molecule has 2 aromatic rings. The number of hydrogen-bond donors (Lipinski definition) is 1. The molecule has 28 heavy (non-hydrogen) atoms. The first kappa shape index (κ1) is 20.2. The van der Waals surface area contributed by atoms with Gasteiger partial charge in [0.05, 0.1) is 12.2 Å². The van der Waals surface area contributed by atoms with Crippen LogP contribution in [-0.4, -0.2) is 28.2 Å². The van der Waals surface area contributed by atoms with Gasteiger partial charge < -0.3 is 14.4 Å². The first-order chi connectivity index (χ1) is 13.0. The van der Waals surface area contributed by atoms with E-state index in [0.29, 0.717) is 11.1 Å². The number of carboxylic acids is 1. The van der Waals surface area contributed by atoms with Gasteiger partial charge in [-0.15, -0.1) is 0 Å². The van der Waals surface area contributed by atoms with Crippen molar-refractivity contribution in [2.45, 2.75) is 65.2 Å². The minimum Gasteiger partial charge on any atom is -0.477 e. The summed E-state index contributed by atoms with van der Waals surface area (Å²) in [5, 5.41) is 9.83. The smallest absolute Gasteiger partial charge is 0.353 e. The maximum absolute atomic E-state index is 12.3. The molecule has 0 radical (unpaired) electrons. The van der Waals surface area contributed by atoms with Crippen LogP contribution in [0.4, 0.5) is 0 Å². The highest BCUT2D eigenvalue weighted by atomic mass is 16.5. The summed E-state index contributed by atoms with van der Waals surface area (Å²) >= 11 is 0. The van der Waals surface area contributed by atoms with Crippen molar-refractivity contribution in [3.63, 3.8) is 0 Å². The molecule has 0 saturated heterocycles. The van der Waals surface area contributed by atoms with Crippen LogP contribution in [-0.2, 0) is 15.6 Å². The fourth-order valence-corrected chi connectivity index (χ4v) is 3.49. The molecule has 0 bridgehead atoms. The second kappa shape index (κ2) is 6.80. The molecule has 1 aliphatic carbocycles. The van der Waals surface area contributed by atoms with Crippen LogP contribution in [0, 0.1) is 6.92 Å². The number of carbonyl (C=O) groups excluding carboxylic acids is 1. The lowest BCUT2D eigenvalue weighted by atomic mass is 9.83. The van der Waals surface area contributed by atoms with E-state index in [9.17, 15) is 14.7 Å². The number of nitrogens with zero attached hydrogens (tertiary/aromatic N) is 1. The first-order valence-electron chi connectivity index (χ1n) is 9.77. The highest BCUT2D eigenvalue weighted by Gasteiger charge is 2.40. The van der Waals surface area contributed by atoms with Crippen molar-refractivity contribution < 1.29 is 19.4 Å². The Kier molecular flexibility index (Phi) is 4.90. The Morgan fingerprint density at radius 3 is 2.36 bits per heavy atom. The quantitative estimate of drug-likeness (QED) is 0.737. The van der Waals surface area contributed by atoms with Crippen molar-refractivity contribution in [2.24, 2.45) is 0 Å². The van der Waals surface area contributed by atoms with Gasteiger partial charge >= 0.3 is 11.9 Å². The van der Waals surface area contributed by atoms with E-state index in [1.54, 1.807) is 24.6 Å². The molecule has 1 aliphatic rings. The highest BCUT2D eigenvalue weighted by molar-refractivity contribution is 5.97. The van der Waals surface area contributed by atoms with Crippen molar-refractivity contribution in [3.8, 4) is 5.69 Å². The summed E-state index contributed by atoms with van der Waals surface area (Å²) in [6, 6.07) is 6.32. The lowest BCUT2D eigenvalue weighted by Crippen LogP contribution is -2.15. The molecule has 150 valence electrons. The van der Waals surface area contributed by atoms with E-state index in [-0.39, 0.29) is 23.1 Å². The monoisotopic (exact) mass is 383 g/mol. The average Bonchev–Trinajstić information content (AvgIpc) is 3.25. The van der Waals surface area contributed by atoms with Crippen LogP contribution in [0.5, 0.6) is 0 Å². The number of carbonyl (C=O) groups is 2. The predicted octanol–water partition coefficient (Wildman–Crippen LogP) is 5.01. The minimum absolute atomic E-state index is 0.0778. The van der Waals surface area contributed by atoms with E-state index in [0.717, 1.165) is 24.1 Å². The third-order valence-electron chi connectivity index (χ3n) is 5.72. The van der Waals surface area contributed by atoms with Crippen LogP contribution in [0.15, 0.2) is 24.4 Å². The molecule has 5 nitrogen and oxygen atoms in total. The molecule has 0 atom stereocenters. The topological polar surface area (TPSA) is 68.5 Å². The van der Waals surface area contributed by atoms with E-state index in [2.05, 4.69) is 39.8 Å². The molecule has 1 N–H and O–H groups in total. The Labute approximate surface area is 166 Å². The molecule has 1 heterocycles. The molecule has 1 aromatic carbocycles. The van der Waals surface area contributed by atoms with Gasteiger partial charge in [-0.1, -0.05) is 33.8 Å². The van der Waals surface area contributed by atoms with Crippen LogP contribution < -0.4 is 0 Å². The normalized spacial score (nSPS) is 15.4. The largest absolute Gasteiger partial charge is 0.477 e. The van der Waals surface area contributed by atoms with Gasteiger partial charge in [-0.25, -0.2) is 9.59 Å². The standard InChI is InChI=1S/C23H29NO4/c1-7-28-21(27)18-13-24(19(14(18)2)20(25)26)17-11-15(22(3,4)5)10-16(12-17)23(6)8-9-23/h10-13H,7-9H2,1-6H3,(H,25,26). The summed E-state index contributed by atoms with van der Waals surface area (Å²) in [7, 11) is 0. The Bertz CT molecular complexity index is 919. The molecule has 0 amide bonds. The van der Waals surface area contributed by atoms with Crippen LogP contribution in [0.3, 0.4) is 0 Å². The zero-order valence-corrected chi connectivity index (χ0v) is 17.5. The number of aromatic carboxylic acids is 1. The van der Waals surface area contributed by atoms with Crippen LogP contribution >= 0.6 is 0 Å². The molecule has 0 spiro atoms. The van der Waals surface area contributed by atoms with Crippen molar-refractivity contribution in [1.29, 1.82) is 0 Å². The fraction of sp³-hybridized carbons (Fsp3) is 0.478. The van der Waals surface area contributed by atoms with Gasteiger partial charge in [0.1, 0.15) is 5.69 Å². The number of ether oxygens (including phenoxy) is 1. The van der Waals surface area contributed by atoms with Crippen LogP contribution in [0.25, 0.3) is 5.69 Å². The number of benzene rings is 1. The van der Waals surface area contributed by atoms with E-state index in [4.69, 9.17) is 4.74 Å². The second-order valence-corrected chi connectivity index (χ2v) is 8.99. The average molecular weight is 383 g/mol. The lowest BCUT2D eigenvalue weighted by Gasteiger charge is -2.23. The van der Waals surface area contributed by atoms with Crippen molar-refractivity contribution in [1.82, 2.24) is 4.57 Å². The molecule has 1 saturated carbocycles. The van der Waals surface area contributed by atoms with Crippen molar-refractivity contribution in [3.05, 3.63) is 52.3 Å². The number of hydrogen-bond acceptors (Lipinski definition) is 3. The van der Waals surface area contributed by atoms with Gasteiger partial charge in [0.2, 0.25) is 0 Å². The summed E-state index contributed by atoms with van der Waals surface area (Å²) < 4.78 is 6.73. The number of carboxylic acid groups (broad SMARTS) is 1. The molecule has 1 aromatic heterocycles. The Hall–Kier alpha value is -2.56. The van der Waals surface area contributed by atoms with Crippen molar-refractivity contribution >= 4 is 11.9 Å². The molecular weight excluding hydrogens is 354 g/mol. The second-order valence-electron chi connectivity index (χ2n) is 8.99. The number of esters is 1. The van der Waals surface area contributed by atoms with E-state index in [1.165, 1.54) is 5.56 Å². The van der Waals surface area contributed by atoms with E-state index in [1.807, 2.05) is 6.07 Å². The molecule has 0 unspecified atom stereocenters. The van der Waals surface area contributed by atoms with Crippen molar-refractivity contribution in [2.75, 3.05) is 6.61 Å². The summed E-state index contributed by atoms with van der Waals surface area (Å²) in [4.78, 5) is 24.3. The van der Waals surface area contributed by atoms with Gasteiger partial charge in [-0.2, -0.15) is 0 Å². The maximum Gasteiger partial charge on any atom is 0.353 e. The SMILES string of the molecule is CCOC(=O)c1cn(-c2cc(C(C)(C)C)cc(C3(C)CC3)c2)c(C(=O)O)c1C. The molecule has 5 heteroatoms. The Morgan fingerprint density at radius 2 is 1.86 bits per heavy atom. The first-order valence-corrected chi connectivity index (χ1v) is 9.77. The number of rotatable bonds is 5. The minimum atomic E-state index is -1.06. The maximum atomic E-state index is 12.3. The number of aromatic nitrogens is 1. The zero-order valence-electron chi connectivity index (χ0n) is 17.5. The highest BCUT2D eigenvalue weighted by Crippen LogP contribution is 2.49. The van der Waals surface area contributed by atoms with Gasteiger partial charge in [-0.05, 0) is 66.3 Å². The van der Waals surface area contributed by atoms with Gasteiger partial charge in [0.15, 0.2) is 0 Å². The van der Waals surface area contributed by atoms with E-state index >= 15 is 0 Å². The molecular formula is C23H29NO4. The lowest BCUT2D eigenvalue weighted by molar-refractivity contribution is 0.0525. The fourth-order valence-electron chi connectivity index (χ4n) is 3.49. The summed E-state index contributed by atoms with van der Waals surface area (Å²) in [6.07, 6.45) is 3.85. The molecule has 1 fully saturated rings. The van der Waals surface area contributed by atoms with Gasteiger partial charge in [0.25, 0.3) is 0 Å². The van der Waals surface area contributed by atoms with Crippen LogP contribution in [0.2, 0.25) is 0 Å². The molecule has 0 aliphatic heterocycles. The van der Waals surface area contributed by atoms with Crippen LogP contribution in [0.1, 0.15) is 85.0 Å². The Morgan fingerprint density at radius 1 is 1.21 bits per heavy atom. The predicted molar refractivity (Wildman–Crippen MR) is 109 cm³/mol. The van der Waals surface area contributed by atoms with Gasteiger partial charge in [0, 0.05) is 11.9 Å². The zero-order chi connectivity index (χ0) is 20.9. The third kappa shape index (κ3) is 3.58. The van der Waals surface area contributed by atoms with Gasteiger partial charge in [-0.3, -0.25) is 0 Å². The third-order valence-corrected chi connectivity index (χ3v) is 5.72. The Balaban J connectivity index is 2.24. The summed E-state index contributed by atoms with van der Waals surface area (Å²) in [6.45, 7) is 12.3. The molecule has 3 rings (SSSR count). The van der Waals surface area contributed by atoms with E-state index < -0.39 is 11.9 Å². The summed E-state index contributed by atoms with van der Waals surface area (Å²) in [5.41, 5.74) is 4.01.